The van der Waals surface area contributed by atoms with Crippen LogP contribution in [0, 0.1) is 0 Å². The molecule has 28 heavy (non-hydrogen) atoms. The normalized spacial score (nSPS) is 10.4. The van der Waals surface area contributed by atoms with Crippen LogP contribution in [0.5, 0.6) is 17.2 Å². The molecule has 5 nitrogen and oxygen atoms in total. The number of halogens is 1. The number of aromatic carboxylic acids is 1. The van der Waals surface area contributed by atoms with Crippen LogP contribution in [0.15, 0.2) is 66.7 Å². The van der Waals surface area contributed by atoms with Gasteiger partial charge in [0.05, 0.1) is 17.7 Å². The third-order valence-corrected chi connectivity index (χ3v) is 4.32. The quantitative estimate of drug-likeness (QED) is 0.530. The van der Waals surface area contributed by atoms with E-state index in [1.807, 2.05) is 54.6 Å². The summed E-state index contributed by atoms with van der Waals surface area (Å²) in [4.78, 5) is 11.1. The van der Waals surface area contributed by atoms with Gasteiger partial charge in [-0.3, -0.25) is 0 Å². The lowest BCUT2D eigenvalue weighted by molar-refractivity contribution is 0.0696. The van der Waals surface area contributed by atoms with Gasteiger partial charge in [-0.1, -0.05) is 60.1 Å². The second kappa shape index (κ2) is 9.15. The van der Waals surface area contributed by atoms with Crippen molar-refractivity contribution in [2.45, 2.75) is 0 Å². The number of carbonyl (C=O) groups is 1. The van der Waals surface area contributed by atoms with Gasteiger partial charge in [0.15, 0.2) is 11.5 Å². The van der Waals surface area contributed by atoms with Crippen LogP contribution in [0.4, 0.5) is 0 Å². The maximum Gasteiger partial charge on any atom is 0.335 e. The lowest BCUT2D eigenvalue weighted by Gasteiger charge is -2.15. The van der Waals surface area contributed by atoms with Gasteiger partial charge in [0.2, 0.25) is 0 Å². The van der Waals surface area contributed by atoms with Gasteiger partial charge in [0.25, 0.3) is 0 Å². The van der Waals surface area contributed by atoms with Crippen LogP contribution in [0.25, 0.3) is 11.1 Å². The fourth-order valence-corrected chi connectivity index (χ4v) is 2.99. The molecule has 0 heterocycles. The predicted octanol–water partition coefficient (Wildman–Crippen LogP) is 5.17. The number of rotatable bonds is 8. The van der Waals surface area contributed by atoms with Crippen molar-refractivity contribution in [2.24, 2.45) is 0 Å². The summed E-state index contributed by atoms with van der Waals surface area (Å²) in [5.41, 5.74) is 2.08. The minimum atomic E-state index is -1.09. The zero-order valence-corrected chi connectivity index (χ0v) is 16.0. The first-order chi connectivity index (χ1) is 13.6. The van der Waals surface area contributed by atoms with E-state index in [2.05, 4.69) is 0 Å². The van der Waals surface area contributed by atoms with E-state index in [-0.39, 0.29) is 35.3 Å². The third kappa shape index (κ3) is 4.56. The average molecular weight is 399 g/mol. The number of hydrogen-bond acceptors (Lipinski definition) is 4. The first-order valence-electron chi connectivity index (χ1n) is 8.61. The largest absolute Gasteiger partial charge is 0.493 e. The first-order valence-corrected chi connectivity index (χ1v) is 8.99. The van der Waals surface area contributed by atoms with Crippen LogP contribution < -0.4 is 14.2 Å². The summed E-state index contributed by atoms with van der Waals surface area (Å²) in [5, 5.41) is 9.27. The Bertz CT molecular complexity index is 956. The third-order valence-electron chi connectivity index (χ3n) is 4.04. The van der Waals surface area contributed by atoms with Crippen molar-refractivity contribution in [1.29, 1.82) is 0 Å². The Balaban J connectivity index is 1.67. The Morgan fingerprint density at radius 1 is 0.929 bits per heavy atom. The van der Waals surface area contributed by atoms with E-state index in [1.165, 1.54) is 19.2 Å². The molecule has 3 rings (SSSR count). The highest BCUT2D eigenvalue weighted by molar-refractivity contribution is 6.32. The molecule has 0 saturated heterocycles. The molecular weight excluding hydrogens is 380 g/mol. The Labute approximate surface area is 168 Å². The molecule has 0 unspecified atom stereocenters. The van der Waals surface area contributed by atoms with Gasteiger partial charge in [0.1, 0.15) is 19.0 Å². The second-order valence-corrected chi connectivity index (χ2v) is 6.26. The maximum absolute atomic E-state index is 11.1. The Kier molecular flexibility index (Phi) is 6.40. The summed E-state index contributed by atoms with van der Waals surface area (Å²) in [6.45, 7) is 0.496. The van der Waals surface area contributed by atoms with Crippen molar-refractivity contribution in [1.82, 2.24) is 0 Å². The molecule has 0 aliphatic heterocycles. The van der Waals surface area contributed by atoms with Crippen LogP contribution in [0.2, 0.25) is 5.02 Å². The maximum atomic E-state index is 11.1. The summed E-state index contributed by atoms with van der Waals surface area (Å²) >= 11 is 6.15. The van der Waals surface area contributed by atoms with Crippen LogP contribution in [-0.4, -0.2) is 31.4 Å². The number of ether oxygens (including phenoxy) is 3. The second-order valence-electron chi connectivity index (χ2n) is 5.85. The van der Waals surface area contributed by atoms with Gasteiger partial charge in [-0.2, -0.15) is 0 Å². The smallest absolute Gasteiger partial charge is 0.335 e. The Morgan fingerprint density at radius 2 is 1.61 bits per heavy atom. The first kappa shape index (κ1) is 19.6. The van der Waals surface area contributed by atoms with E-state index in [9.17, 15) is 4.79 Å². The molecule has 144 valence electrons. The molecule has 0 aliphatic rings. The van der Waals surface area contributed by atoms with Crippen LogP contribution >= 0.6 is 11.6 Å². The van der Waals surface area contributed by atoms with E-state index in [0.717, 1.165) is 16.9 Å². The van der Waals surface area contributed by atoms with Crippen LogP contribution in [-0.2, 0) is 0 Å². The summed E-state index contributed by atoms with van der Waals surface area (Å²) < 4.78 is 16.8. The van der Waals surface area contributed by atoms with Gasteiger partial charge >= 0.3 is 5.97 Å². The van der Waals surface area contributed by atoms with E-state index in [0.29, 0.717) is 0 Å². The molecule has 0 aliphatic carbocycles. The molecule has 0 fully saturated rings. The standard InChI is InChI=1S/C22H19ClO5/c1-26-20-14-16(22(24)25)13-18(23)21(20)28-12-11-27-19-10-6-5-9-17(19)15-7-3-2-4-8-15/h2-10,13-14H,11-12H2,1H3,(H,24,25). The van der Waals surface area contributed by atoms with E-state index >= 15 is 0 Å². The monoisotopic (exact) mass is 398 g/mol. The topological polar surface area (TPSA) is 65.0 Å². The van der Waals surface area contributed by atoms with Crippen LogP contribution in [0.3, 0.4) is 0 Å². The fraction of sp³-hybridized carbons (Fsp3) is 0.136. The van der Waals surface area contributed by atoms with E-state index < -0.39 is 5.97 Å². The highest BCUT2D eigenvalue weighted by Crippen LogP contribution is 2.36. The molecule has 0 amide bonds. The number of carboxylic acid groups (broad SMARTS) is 1. The fourth-order valence-electron chi connectivity index (χ4n) is 2.73. The lowest BCUT2D eigenvalue weighted by Crippen LogP contribution is -2.11. The summed E-state index contributed by atoms with van der Waals surface area (Å²) in [6.07, 6.45) is 0. The number of methoxy groups -OCH3 is 1. The van der Waals surface area contributed by atoms with Crippen molar-refractivity contribution >= 4 is 17.6 Å². The molecule has 0 spiro atoms. The summed E-state index contributed by atoms with van der Waals surface area (Å²) in [6, 6.07) is 20.4. The van der Waals surface area contributed by atoms with Crippen molar-refractivity contribution < 1.29 is 24.1 Å². The number of hydrogen-bond donors (Lipinski definition) is 1. The van der Waals surface area contributed by atoms with Crippen molar-refractivity contribution in [3.05, 3.63) is 77.3 Å². The number of benzene rings is 3. The zero-order valence-electron chi connectivity index (χ0n) is 15.2. The molecule has 3 aromatic rings. The van der Waals surface area contributed by atoms with Crippen molar-refractivity contribution in [2.75, 3.05) is 20.3 Å². The van der Waals surface area contributed by atoms with Crippen molar-refractivity contribution in [3.63, 3.8) is 0 Å². The lowest BCUT2D eigenvalue weighted by atomic mass is 10.1. The molecule has 0 aromatic heterocycles. The molecule has 1 N–H and O–H groups in total. The average Bonchev–Trinajstić information content (AvgIpc) is 2.72. The molecule has 0 atom stereocenters. The van der Waals surface area contributed by atoms with Gasteiger partial charge in [-0.05, 0) is 23.8 Å². The van der Waals surface area contributed by atoms with Gasteiger partial charge in [0, 0.05) is 5.56 Å². The Hall–Kier alpha value is -3.18. The highest BCUT2D eigenvalue weighted by Gasteiger charge is 2.15. The zero-order chi connectivity index (χ0) is 19.9. The Morgan fingerprint density at radius 3 is 2.32 bits per heavy atom. The van der Waals surface area contributed by atoms with Gasteiger partial charge in [-0.25, -0.2) is 4.79 Å². The van der Waals surface area contributed by atoms with Gasteiger partial charge in [-0.15, -0.1) is 0 Å². The molecular formula is C22H19ClO5. The number of carboxylic acids is 1. The molecule has 3 aromatic carbocycles. The van der Waals surface area contributed by atoms with Crippen molar-refractivity contribution in [3.8, 4) is 28.4 Å². The van der Waals surface area contributed by atoms with E-state index in [1.54, 1.807) is 0 Å². The minimum Gasteiger partial charge on any atom is -0.493 e. The van der Waals surface area contributed by atoms with Gasteiger partial charge < -0.3 is 19.3 Å². The van der Waals surface area contributed by atoms with Crippen LogP contribution in [0.1, 0.15) is 10.4 Å². The minimum absolute atomic E-state index is 0.0299. The molecule has 0 saturated carbocycles. The predicted molar refractivity (Wildman–Crippen MR) is 108 cm³/mol. The highest BCUT2D eigenvalue weighted by atomic mass is 35.5. The number of para-hydroxylation sites is 1. The van der Waals surface area contributed by atoms with E-state index in [4.69, 9.17) is 30.9 Å². The molecule has 0 bridgehead atoms. The molecule has 0 radical (unpaired) electrons. The molecule has 6 heteroatoms. The SMILES string of the molecule is COc1cc(C(=O)O)cc(Cl)c1OCCOc1ccccc1-c1ccccc1. The summed E-state index contributed by atoms with van der Waals surface area (Å²) in [7, 11) is 1.43. The summed E-state index contributed by atoms with van der Waals surface area (Å²) in [5.74, 6) is 0.202.